The van der Waals surface area contributed by atoms with Crippen molar-refractivity contribution < 1.29 is 32.6 Å². The molecule has 1 unspecified atom stereocenters. The fourth-order valence-corrected chi connectivity index (χ4v) is 3.42. The van der Waals surface area contributed by atoms with Gasteiger partial charge in [-0.15, -0.1) is 0 Å². The summed E-state index contributed by atoms with van der Waals surface area (Å²) in [7, 11) is 1.24. The molecule has 0 radical (unpaired) electrons. The molecule has 0 aromatic heterocycles. The van der Waals surface area contributed by atoms with E-state index >= 15 is 0 Å². The van der Waals surface area contributed by atoms with Crippen LogP contribution in [-0.2, 0) is 24.5 Å². The smallest absolute Gasteiger partial charge is 0.407 e. The number of carbonyl (C=O) groups excluding carboxylic acids is 2. The normalized spacial score (nSPS) is 32.3. The first-order valence-corrected chi connectivity index (χ1v) is 7.41. The third-order valence-corrected chi connectivity index (χ3v) is 4.86. The van der Waals surface area contributed by atoms with Crippen LogP contribution in [0.1, 0.15) is 18.9 Å². The highest BCUT2D eigenvalue weighted by molar-refractivity contribution is 5.75. The van der Waals surface area contributed by atoms with Gasteiger partial charge in [0.25, 0.3) is 0 Å². The Morgan fingerprint density at radius 1 is 1.38 bits per heavy atom. The Labute approximate surface area is 137 Å². The summed E-state index contributed by atoms with van der Waals surface area (Å²) in [6, 6.07) is 3.02. The van der Waals surface area contributed by atoms with Crippen LogP contribution in [0.15, 0.2) is 18.2 Å². The first kappa shape index (κ1) is 16.6. The van der Waals surface area contributed by atoms with E-state index in [1.54, 1.807) is 6.92 Å². The minimum Gasteiger partial charge on any atom is -0.467 e. The summed E-state index contributed by atoms with van der Waals surface area (Å²) in [5, 5.41) is 2.59. The van der Waals surface area contributed by atoms with Gasteiger partial charge < -0.3 is 19.5 Å². The lowest BCUT2D eigenvalue weighted by Crippen LogP contribution is -2.69. The second kappa shape index (κ2) is 5.70. The Morgan fingerprint density at radius 2 is 2.12 bits per heavy atom. The van der Waals surface area contributed by atoms with Gasteiger partial charge >= 0.3 is 12.1 Å². The van der Waals surface area contributed by atoms with Gasteiger partial charge in [0.15, 0.2) is 6.10 Å². The number of nitrogens with one attached hydrogen (secondary N) is 1. The fourth-order valence-electron chi connectivity index (χ4n) is 3.42. The first-order chi connectivity index (χ1) is 11.3. The number of carbonyl (C=O) groups is 2. The number of alkyl carbamates (subject to hydrolysis) is 1. The van der Waals surface area contributed by atoms with Gasteiger partial charge in [-0.2, -0.15) is 0 Å². The third-order valence-electron chi connectivity index (χ3n) is 4.86. The largest absolute Gasteiger partial charge is 0.467 e. The summed E-state index contributed by atoms with van der Waals surface area (Å²) in [6.45, 7) is 1.46. The highest BCUT2D eigenvalue weighted by Gasteiger charge is 2.60. The van der Waals surface area contributed by atoms with Crippen LogP contribution in [0.2, 0.25) is 0 Å². The van der Waals surface area contributed by atoms with Crippen LogP contribution < -0.4 is 5.32 Å². The number of halogens is 2. The van der Waals surface area contributed by atoms with Gasteiger partial charge in [0.05, 0.1) is 13.7 Å². The lowest BCUT2D eigenvalue weighted by Gasteiger charge is -2.55. The Morgan fingerprint density at radius 3 is 2.83 bits per heavy atom. The van der Waals surface area contributed by atoms with Crippen molar-refractivity contribution in [3.63, 3.8) is 0 Å². The van der Waals surface area contributed by atoms with Gasteiger partial charge in [-0.1, -0.05) is 6.92 Å². The molecule has 0 bridgehead atoms. The van der Waals surface area contributed by atoms with Gasteiger partial charge in [-0.05, 0) is 24.6 Å². The van der Waals surface area contributed by atoms with E-state index in [0.717, 1.165) is 18.2 Å². The van der Waals surface area contributed by atoms with Crippen molar-refractivity contribution in [1.82, 2.24) is 5.32 Å². The van der Waals surface area contributed by atoms with E-state index in [1.807, 2.05) is 0 Å². The molecule has 8 heteroatoms. The maximum atomic E-state index is 14.4. The summed E-state index contributed by atoms with van der Waals surface area (Å²) < 4.78 is 43.4. The Bertz CT molecular complexity index is 697. The molecule has 1 N–H and O–H groups in total. The predicted molar refractivity (Wildman–Crippen MR) is 77.0 cm³/mol. The van der Waals surface area contributed by atoms with E-state index in [9.17, 15) is 18.4 Å². The number of benzene rings is 1. The number of rotatable bonds is 2. The molecule has 2 aliphatic heterocycles. The van der Waals surface area contributed by atoms with E-state index in [1.165, 1.54) is 7.11 Å². The zero-order chi connectivity index (χ0) is 17.5. The van der Waals surface area contributed by atoms with Crippen molar-refractivity contribution in [2.24, 2.45) is 5.41 Å². The van der Waals surface area contributed by atoms with E-state index in [0.29, 0.717) is 0 Å². The number of methoxy groups -OCH3 is 1. The monoisotopic (exact) mass is 341 g/mol. The molecule has 2 aliphatic rings. The molecule has 1 amide bonds. The quantitative estimate of drug-likeness (QED) is 0.832. The number of esters is 1. The molecular weight excluding hydrogens is 324 g/mol. The zero-order valence-electron chi connectivity index (χ0n) is 13.2. The minimum atomic E-state index is -1.35. The molecule has 2 fully saturated rings. The third kappa shape index (κ3) is 2.41. The number of cyclic esters (lactones) is 1. The second-order valence-electron chi connectivity index (χ2n) is 6.32. The highest BCUT2D eigenvalue weighted by Crippen LogP contribution is 2.50. The van der Waals surface area contributed by atoms with Gasteiger partial charge in [-0.25, -0.2) is 18.4 Å². The molecule has 2 saturated heterocycles. The topological polar surface area (TPSA) is 73.9 Å². The molecule has 1 aromatic carbocycles. The van der Waals surface area contributed by atoms with Crippen molar-refractivity contribution in [3.8, 4) is 0 Å². The number of hydrogen-bond donors (Lipinski definition) is 1. The molecule has 3 atom stereocenters. The summed E-state index contributed by atoms with van der Waals surface area (Å²) in [6.07, 6.45) is -1.50. The summed E-state index contributed by atoms with van der Waals surface area (Å²) in [5.74, 6) is -1.88. The molecule has 0 aliphatic carbocycles. The van der Waals surface area contributed by atoms with Crippen LogP contribution in [0, 0.1) is 17.0 Å². The van der Waals surface area contributed by atoms with Crippen molar-refractivity contribution in [1.29, 1.82) is 0 Å². The van der Waals surface area contributed by atoms with E-state index < -0.39 is 40.8 Å². The van der Waals surface area contributed by atoms with Crippen LogP contribution in [-0.4, -0.2) is 38.5 Å². The molecule has 3 rings (SSSR count). The first-order valence-electron chi connectivity index (χ1n) is 7.41. The molecular formula is C16H17F2NO5. The van der Waals surface area contributed by atoms with Crippen LogP contribution >= 0.6 is 0 Å². The average Bonchev–Trinajstić information content (AvgIpc) is 2.56. The highest BCUT2D eigenvalue weighted by atomic mass is 19.1. The number of fused-ring (bicyclic) bond motifs is 1. The average molecular weight is 341 g/mol. The number of amides is 1. The van der Waals surface area contributed by atoms with Gasteiger partial charge in [0.1, 0.15) is 23.8 Å². The Hall–Kier alpha value is -2.22. The molecule has 0 spiro atoms. The van der Waals surface area contributed by atoms with E-state index in [2.05, 4.69) is 5.32 Å². The molecule has 2 heterocycles. The van der Waals surface area contributed by atoms with Crippen molar-refractivity contribution in [3.05, 3.63) is 35.4 Å². The van der Waals surface area contributed by atoms with E-state index in [4.69, 9.17) is 14.2 Å². The van der Waals surface area contributed by atoms with Crippen molar-refractivity contribution >= 4 is 12.1 Å². The molecule has 6 nitrogen and oxygen atoms in total. The number of ether oxygens (including phenoxy) is 3. The second-order valence-corrected chi connectivity index (χ2v) is 6.32. The Kier molecular flexibility index (Phi) is 3.95. The SMILES string of the molecule is COC(=O)[C@H]1CC2(C)COC(=O)N[C@@]2(c2cc(F)ccc2F)CO1. The minimum absolute atomic E-state index is 0.0371. The van der Waals surface area contributed by atoms with Crippen molar-refractivity contribution in [2.45, 2.75) is 25.0 Å². The van der Waals surface area contributed by atoms with Crippen molar-refractivity contribution in [2.75, 3.05) is 20.3 Å². The van der Waals surface area contributed by atoms with Crippen LogP contribution in [0.5, 0.6) is 0 Å². The Balaban J connectivity index is 2.09. The standard InChI is InChI=1S/C16H17F2NO5/c1-15-6-12(13(20)22-2)23-8-16(15,19-14(21)24-7-15)10-5-9(17)3-4-11(10)18/h3-5,12H,6-8H2,1-2H3,(H,19,21)/t12-,15?,16-/m1/s1. The summed E-state index contributed by atoms with van der Waals surface area (Å²) in [4.78, 5) is 23.6. The predicted octanol–water partition coefficient (Wildman–Crippen LogP) is 1.87. The van der Waals surface area contributed by atoms with Crippen LogP contribution in [0.3, 0.4) is 0 Å². The van der Waals surface area contributed by atoms with Crippen LogP contribution in [0.4, 0.5) is 13.6 Å². The maximum absolute atomic E-state index is 14.4. The molecule has 24 heavy (non-hydrogen) atoms. The molecule has 1 aromatic rings. The molecule has 130 valence electrons. The van der Waals surface area contributed by atoms with Gasteiger partial charge in [0.2, 0.25) is 0 Å². The number of hydrogen-bond acceptors (Lipinski definition) is 5. The zero-order valence-corrected chi connectivity index (χ0v) is 13.2. The fraction of sp³-hybridized carbons (Fsp3) is 0.500. The van der Waals surface area contributed by atoms with Gasteiger partial charge in [0, 0.05) is 11.0 Å². The summed E-state index contributed by atoms with van der Waals surface area (Å²) >= 11 is 0. The van der Waals surface area contributed by atoms with Crippen LogP contribution in [0.25, 0.3) is 0 Å². The molecule has 0 saturated carbocycles. The van der Waals surface area contributed by atoms with E-state index in [-0.39, 0.29) is 25.2 Å². The maximum Gasteiger partial charge on any atom is 0.407 e. The van der Waals surface area contributed by atoms with Gasteiger partial charge in [-0.3, -0.25) is 0 Å². The lowest BCUT2D eigenvalue weighted by atomic mass is 9.62. The lowest BCUT2D eigenvalue weighted by molar-refractivity contribution is -0.182. The summed E-state index contributed by atoms with van der Waals surface area (Å²) in [5.41, 5.74) is -2.28.